The fourth-order valence-corrected chi connectivity index (χ4v) is 1.98. The average molecular weight is 216 g/mol. The zero-order valence-electron chi connectivity index (χ0n) is 9.64. The second-order valence-electron chi connectivity index (χ2n) is 3.70. The van der Waals surface area contributed by atoms with Crippen LogP contribution < -0.4 is 0 Å². The minimum absolute atomic E-state index is 0.156. The maximum absolute atomic E-state index is 9.77. The Morgan fingerprint density at radius 3 is 2.38 bits per heavy atom. The molecule has 0 bridgehead atoms. The molecule has 84 valence electrons. The molecule has 3 nitrogen and oxygen atoms in total. The van der Waals surface area contributed by atoms with Crippen molar-refractivity contribution in [1.82, 2.24) is 9.78 Å². The Labute approximate surface area is 95.3 Å². The summed E-state index contributed by atoms with van der Waals surface area (Å²) in [5.41, 5.74) is 3.03. The molecule has 1 aromatic heterocycles. The standard InChI is InChI=1S/C13H16N2O/c1-3-11-12(4-2)15(14-13(11)16)10-8-6-5-7-9-10/h5-9H,3-4H2,1-2H3,(H,14,16). The predicted molar refractivity (Wildman–Crippen MR) is 64.0 cm³/mol. The van der Waals surface area contributed by atoms with E-state index in [1.54, 1.807) is 0 Å². The highest BCUT2D eigenvalue weighted by Crippen LogP contribution is 2.24. The third kappa shape index (κ3) is 1.69. The maximum atomic E-state index is 9.77. The molecule has 0 unspecified atom stereocenters. The van der Waals surface area contributed by atoms with Crippen LogP contribution in [-0.2, 0) is 12.8 Å². The first kappa shape index (κ1) is 10.7. The van der Waals surface area contributed by atoms with Crippen LogP contribution in [0.3, 0.4) is 0 Å². The molecule has 0 amide bonds. The van der Waals surface area contributed by atoms with E-state index >= 15 is 0 Å². The van der Waals surface area contributed by atoms with E-state index in [1.807, 2.05) is 41.9 Å². The molecule has 1 aromatic carbocycles. The van der Waals surface area contributed by atoms with Crippen molar-refractivity contribution in [3.05, 3.63) is 41.6 Å². The zero-order valence-corrected chi connectivity index (χ0v) is 9.64. The molecule has 0 aliphatic rings. The Balaban J connectivity index is 2.57. The topological polar surface area (TPSA) is 38.1 Å². The van der Waals surface area contributed by atoms with Gasteiger partial charge in [-0.15, -0.1) is 5.10 Å². The van der Waals surface area contributed by atoms with E-state index in [1.165, 1.54) is 0 Å². The number of nitrogens with zero attached hydrogens (tertiary/aromatic N) is 2. The average Bonchev–Trinajstić information content (AvgIpc) is 2.66. The van der Waals surface area contributed by atoms with Crippen LogP contribution in [0, 0.1) is 0 Å². The van der Waals surface area contributed by atoms with Gasteiger partial charge in [0.1, 0.15) is 0 Å². The molecule has 0 aliphatic heterocycles. The summed E-state index contributed by atoms with van der Waals surface area (Å²) in [6, 6.07) is 9.90. The second kappa shape index (κ2) is 4.39. The predicted octanol–water partition coefficient (Wildman–Crippen LogP) is 2.70. The summed E-state index contributed by atoms with van der Waals surface area (Å²) in [5.74, 6) is 0.156. The van der Waals surface area contributed by atoms with E-state index in [0.29, 0.717) is 0 Å². The summed E-state index contributed by atoms with van der Waals surface area (Å²) in [6.45, 7) is 4.11. The van der Waals surface area contributed by atoms with Gasteiger partial charge < -0.3 is 5.11 Å². The first-order chi connectivity index (χ1) is 7.77. The minimum Gasteiger partial charge on any atom is -0.492 e. The van der Waals surface area contributed by atoms with Gasteiger partial charge in [-0.2, -0.15) is 0 Å². The molecule has 2 aromatic rings. The largest absolute Gasteiger partial charge is 0.492 e. The monoisotopic (exact) mass is 216 g/mol. The Morgan fingerprint density at radius 2 is 1.81 bits per heavy atom. The van der Waals surface area contributed by atoms with Crippen molar-refractivity contribution in [2.75, 3.05) is 0 Å². The van der Waals surface area contributed by atoms with Crippen LogP contribution >= 0.6 is 0 Å². The molecule has 0 fully saturated rings. The molecular formula is C13H16N2O. The minimum atomic E-state index is 0.156. The van der Waals surface area contributed by atoms with E-state index in [4.69, 9.17) is 0 Å². The summed E-state index contributed by atoms with van der Waals surface area (Å²) < 4.78 is 1.83. The molecule has 3 heteroatoms. The molecule has 0 atom stereocenters. The van der Waals surface area contributed by atoms with Gasteiger partial charge in [-0.3, -0.25) is 0 Å². The van der Waals surface area contributed by atoms with Crippen molar-refractivity contribution < 1.29 is 5.11 Å². The molecule has 2 rings (SSSR count). The molecular weight excluding hydrogens is 200 g/mol. The number of aromatic nitrogens is 2. The Bertz CT molecular complexity index is 474. The second-order valence-corrected chi connectivity index (χ2v) is 3.70. The van der Waals surface area contributed by atoms with E-state index in [9.17, 15) is 5.11 Å². The molecule has 0 saturated heterocycles. The Kier molecular flexibility index (Phi) is 2.95. The molecule has 0 aliphatic carbocycles. The lowest BCUT2D eigenvalue weighted by Crippen LogP contribution is -2.02. The zero-order chi connectivity index (χ0) is 11.5. The lowest BCUT2D eigenvalue weighted by Gasteiger charge is -2.05. The van der Waals surface area contributed by atoms with Gasteiger partial charge in [-0.25, -0.2) is 4.68 Å². The molecule has 1 heterocycles. The van der Waals surface area contributed by atoms with Gasteiger partial charge in [0.25, 0.3) is 0 Å². The van der Waals surface area contributed by atoms with Crippen molar-refractivity contribution in [2.24, 2.45) is 0 Å². The first-order valence-corrected chi connectivity index (χ1v) is 5.63. The molecule has 0 radical (unpaired) electrons. The van der Waals surface area contributed by atoms with E-state index in [0.717, 1.165) is 29.8 Å². The van der Waals surface area contributed by atoms with Crippen LogP contribution in [0.4, 0.5) is 0 Å². The van der Waals surface area contributed by atoms with Crippen molar-refractivity contribution in [2.45, 2.75) is 26.7 Å². The van der Waals surface area contributed by atoms with Gasteiger partial charge >= 0.3 is 0 Å². The fourth-order valence-electron chi connectivity index (χ4n) is 1.98. The lowest BCUT2D eigenvalue weighted by atomic mass is 10.1. The number of benzene rings is 1. The third-order valence-electron chi connectivity index (χ3n) is 2.76. The quantitative estimate of drug-likeness (QED) is 0.856. The highest BCUT2D eigenvalue weighted by molar-refractivity contribution is 5.39. The van der Waals surface area contributed by atoms with E-state index in [-0.39, 0.29) is 5.88 Å². The summed E-state index contributed by atoms with van der Waals surface area (Å²) in [7, 11) is 0. The third-order valence-corrected chi connectivity index (χ3v) is 2.76. The molecule has 16 heavy (non-hydrogen) atoms. The number of hydrogen-bond donors (Lipinski definition) is 1. The number of aromatic hydroxyl groups is 1. The van der Waals surface area contributed by atoms with Gasteiger partial charge in [-0.05, 0) is 25.0 Å². The summed E-state index contributed by atoms with van der Waals surface area (Å²) in [5, 5.41) is 14.0. The highest BCUT2D eigenvalue weighted by Gasteiger charge is 2.14. The smallest absolute Gasteiger partial charge is 0.234 e. The van der Waals surface area contributed by atoms with Crippen LogP contribution in [0.1, 0.15) is 25.1 Å². The SMILES string of the molecule is CCc1c(O)nn(-c2ccccc2)c1CC. The van der Waals surface area contributed by atoms with Gasteiger partial charge in [0, 0.05) is 5.56 Å². The number of hydrogen-bond acceptors (Lipinski definition) is 2. The normalized spacial score (nSPS) is 10.6. The van der Waals surface area contributed by atoms with Crippen LogP contribution in [-0.4, -0.2) is 14.9 Å². The van der Waals surface area contributed by atoms with Crippen molar-refractivity contribution in [3.8, 4) is 11.6 Å². The molecule has 1 N–H and O–H groups in total. The van der Waals surface area contributed by atoms with Crippen molar-refractivity contribution >= 4 is 0 Å². The van der Waals surface area contributed by atoms with Gasteiger partial charge in [-0.1, -0.05) is 32.0 Å². The lowest BCUT2D eigenvalue weighted by molar-refractivity contribution is 0.443. The summed E-state index contributed by atoms with van der Waals surface area (Å²) in [6.07, 6.45) is 1.67. The van der Waals surface area contributed by atoms with Gasteiger partial charge in [0.05, 0.1) is 11.4 Å². The maximum Gasteiger partial charge on any atom is 0.234 e. The summed E-state index contributed by atoms with van der Waals surface area (Å²) >= 11 is 0. The molecule has 0 saturated carbocycles. The summed E-state index contributed by atoms with van der Waals surface area (Å²) in [4.78, 5) is 0. The fraction of sp³-hybridized carbons (Fsp3) is 0.308. The van der Waals surface area contributed by atoms with Crippen LogP contribution in [0.5, 0.6) is 5.88 Å². The molecule has 0 spiro atoms. The number of rotatable bonds is 3. The van der Waals surface area contributed by atoms with Crippen molar-refractivity contribution in [3.63, 3.8) is 0 Å². The van der Waals surface area contributed by atoms with Crippen molar-refractivity contribution in [1.29, 1.82) is 0 Å². The van der Waals surface area contributed by atoms with Gasteiger partial charge in [0.15, 0.2) is 0 Å². The van der Waals surface area contributed by atoms with Gasteiger partial charge in [0.2, 0.25) is 5.88 Å². The van der Waals surface area contributed by atoms with Crippen LogP contribution in [0.25, 0.3) is 5.69 Å². The van der Waals surface area contributed by atoms with E-state index in [2.05, 4.69) is 12.0 Å². The highest BCUT2D eigenvalue weighted by atomic mass is 16.3. The van der Waals surface area contributed by atoms with E-state index < -0.39 is 0 Å². The van der Waals surface area contributed by atoms with Crippen LogP contribution in [0.2, 0.25) is 0 Å². The first-order valence-electron chi connectivity index (χ1n) is 5.63. The Morgan fingerprint density at radius 1 is 1.12 bits per heavy atom. The Hall–Kier alpha value is -1.77. The van der Waals surface area contributed by atoms with Crippen LogP contribution in [0.15, 0.2) is 30.3 Å². The number of para-hydroxylation sites is 1.